The van der Waals surface area contributed by atoms with Crippen LogP contribution in [0.25, 0.3) is 21.0 Å². The molecule has 0 bridgehead atoms. The van der Waals surface area contributed by atoms with Crippen LogP contribution in [-0.4, -0.2) is 23.7 Å². The summed E-state index contributed by atoms with van der Waals surface area (Å²) in [5.41, 5.74) is 1.98. The molecule has 29 heavy (non-hydrogen) atoms. The van der Waals surface area contributed by atoms with Crippen LogP contribution in [0.15, 0.2) is 59.6 Å². The normalized spacial score (nSPS) is 13.9. The number of aryl methyl sites for hydroxylation is 1. The molecule has 5 rings (SSSR count). The van der Waals surface area contributed by atoms with E-state index in [1.165, 1.54) is 16.7 Å². The van der Waals surface area contributed by atoms with E-state index in [4.69, 9.17) is 9.47 Å². The van der Waals surface area contributed by atoms with Crippen molar-refractivity contribution >= 4 is 38.2 Å². The topological polar surface area (TPSA) is 52.8 Å². The fourth-order valence-corrected chi connectivity index (χ4v) is 4.79. The second-order valence-electron chi connectivity index (χ2n) is 6.96. The number of carbonyl (C=O) groups is 1. The number of nitrogens with zero attached hydrogens (tertiary/aromatic N) is 2. The number of aromatic nitrogens is 1. The predicted molar refractivity (Wildman–Crippen MR) is 115 cm³/mol. The maximum absolute atomic E-state index is 12.7. The van der Waals surface area contributed by atoms with Crippen molar-refractivity contribution in [1.82, 2.24) is 4.57 Å². The van der Waals surface area contributed by atoms with E-state index in [1.807, 2.05) is 36.4 Å². The van der Waals surface area contributed by atoms with E-state index in [9.17, 15) is 4.79 Å². The average Bonchev–Trinajstić information content (AvgIpc) is 3.07. The summed E-state index contributed by atoms with van der Waals surface area (Å²) < 4.78 is 14.5. The maximum atomic E-state index is 12.7. The maximum Gasteiger partial charge on any atom is 0.252 e. The van der Waals surface area contributed by atoms with E-state index in [0.29, 0.717) is 18.0 Å². The Balaban J connectivity index is 1.50. The third kappa shape index (κ3) is 3.40. The van der Waals surface area contributed by atoms with Gasteiger partial charge in [0.05, 0.1) is 16.6 Å². The molecule has 0 radical (unpaired) electrons. The van der Waals surface area contributed by atoms with E-state index >= 15 is 0 Å². The molecule has 1 aliphatic rings. The van der Waals surface area contributed by atoms with E-state index in [-0.39, 0.29) is 12.3 Å². The number of benzene rings is 3. The Kier molecular flexibility index (Phi) is 4.56. The van der Waals surface area contributed by atoms with E-state index in [0.717, 1.165) is 39.2 Å². The van der Waals surface area contributed by atoms with Gasteiger partial charge >= 0.3 is 0 Å². The summed E-state index contributed by atoms with van der Waals surface area (Å²) in [6, 6.07) is 18.2. The molecule has 146 valence electrons. The van der Waals surface area contributed by atoms with Gasteiger partial charge in [-0.05, 0) is 23.3 Å². The molecule has 1 aromatic heterocycles. The zero-order valence-corrected chi connectivity index (χ0v) is 16.9. The number of thiazole rings is 1. The molecular formula is C23H20N2O3S. The van der Waals surface area contributed by atoms with Crippen molar-refractivity contribution in [3.05, 3.63) is 65.0 Å². The number of rotatable bonds is 3. The summed E-state index contributed by atoms with van der Waals surface area (Å²) >= 11 is 1.50. The van der Waals surface area contributed by atoms with Crippen LogP contribution in [0.3, 0.4) is 0 Å². The van der Waals surface area contributed by atoms with Gasteiger partial charge in [0.15, 0.2) is 16.3 Å². The van der Waals surface area contributed by atoms with Gasteiger partial charge in [-0.3, -0.25) is 4.79 Å². The zero-order valence-electron chi connectivity index (χ0n) is 16.1. The van der Waals surface area contributed by atoms with Gasteiger partial charge in [-0.2, -0.15) is 4.99 Å². The van der Waals surface area contributed by atoms with Crippen molar-refractivity contribution < 1.29 is 14.3 Å². The summed E-state index contributed by atoms with van der Waals surface area (Å²) in [6.45, 7) is 3.88. The van der Waals surface area contributed by atoms with Gasteiger partial charge in [0.25, 0.3) is 5.91 Å². The third-order valence-corrected chi connectivity index (χ3v) is 6.09. The first-order chi connectivity index (χ1) is 14.2. The van der Waals surface area contributed by atoms with Crippen molar-refractivity contribution in [1.29, 1.82) is 0 Å². The quantitative estimate of drug-likeness (QED) is 0.511. The summed E-state index contributed by atoms with van der Waals surface area (Å²) in [4.78, 5) is 17.8. The Bertz CT molecular complexity index is 1300. The Labute approximate surface area is 171 Å². The average molecular weight is 404 g/mol. The molecule has 0 fully saturated rings. The first-order valence-corrected chi connectivity index (χ1v) is 10.5. The Morgan fingerprint density at radius 1 is 1.03 bits per heavy atom. The van der Waals surface area contributed by atoms with Gasteiger partial charge in [-0.25, -0.2) is 0 Å². The molecule has 0 atom stereocenters. The minimum absolute atomic E-state index is 0.147. The highest BCUT2D eigenvalue weighted by atomic mass is 32.1. The van der Waals surface area contributed by atoms with Crippen LogP contribution < -0.4 is 14.3 Å². The first-order valence-electron chi connectivity index (χ1n) is 9.69. The van der Waals surface area contributed by atoms with Crippen molar-refractivity contribution in [3.8, 4) is 11.5 Å². The van der Waals surface area contributed by atoms with Crippen LogP contribution in [0.1, 0.15) is 12.5 Å². The Hall–Kier alpha value is -3.12. The molecule has 0 N–H and O–H groups in total. The van der Waals surface area contributed by atoms with Gasteiger partial charge in [0.1, 0.15) is 13.2 Å². The fourth-order valence-electron chi connectivity index (χ4n) is 3.67. The fraction of sp³-hybridized carbons (Fsp3) is 0.217. The van der Waals surface area contributed by atoms with E-state index in [2.05, 4.69) is 34.7 Å². The molecule has 3 aromatic carbocycles. The SMILES string of the molecule is CCn1c(=NC(=O)Cc2ccc3ccccc3c2)sc2cc3c(cc21)OCCO3. The van der Waals surface area contributed by atoms with Crippen LogP contribution in [0.4, 0.5) is 0 Å². The summed E-state index contributed by atoms with van der Waals surface area (Å²) in [7, 11) is 0. The second-order valence-corrected chi connectivity index (χ2v) is 7.97. The predicted octanol–water partition coefficient (Wildman–Crippen LogP) is 4.32. The number of fused-ring (bicyclic) bond motifs is 3. The van der Waals surface area contributed by atoms with Crippen LogP contribution in [0.2, 0.25) is 0 Å². The van der Waals surface area contributed by atoms with Crippen LogP contribution in [0.5, 0.6) is 11.5 Å². The highest BCUT2D eigenvalue weighted by molar-refractivity contribution is 7.16. The smallest absolute Gasteiger partial charge is 0.252 e. The van der Waals surface area contributed by atoms with Crippen molar-refractivity contribution in [2.75, 3.05) is 13.2 Å². The standard InChI is InChI=1S/C23H20N2O3S/c1-2-25-18-13-19-20(28-10-9-27-19)14-21(18)29-23(25)24-22(26)12-15-7-8-16-5-3-4-6-17(16)11-15/h3-8,11,13-14H,2,9-10,12H2,1H3. The molecule has 0 unspecified atom stereocenters. The number of hydrogen-bond acceptors (Lipinski definition) is 4. The lowest BCUT2D eigenvalue weighted by Gasteiger charge is -2.18. The third-order valence-electron chi connectivity index (χ3n) is 5.05. The van der Waals surface area contributed by atoms with Crippen LogP contribution >= 0.6 is 11.3 Å². The number of carbonyl (C=O) groups excluding carboxylic acids is 1. The molecule has 0 saturated heterocycles. The van der Waals surface area contributed by atoms with Crippen molar-refractivity contribution in [3.63, 3.8) is 0 Å². The second kappa shape index (κ2) is 7.37. The molecule has 4 aromatic rings. The highest BCUT2D eigenvalue weighted by Gasteiger charge is 2.16. The van der Waals surface area contributed by atoms with Gasteiger partial charge in [-0.1, -0.05) is 53.8 Å². The van der Waals surface area contributed by atoms with Crippen LogP contribution in [-0.2, 0) is 17.8 Å². The number of ether oxygens (including phenoxy) is 2. The van der Waals surface area contributed by atoms with Gasteiger partial charge < -0.3 is 14.0 Å². The van der Waals surface area contributed by atoms with Gasteiger partial charge in [0, 0.05) is 18.7 Å². The summed E-state index contributed by atoms with van der Waals surface area (Å²) in [5.74, 6) is 1.35. The minimum atomic E-state index is -0.147. The van der Waals surface area contributed by atoms with Gasteiger partial charge in [-0.15, -0.1) is 0 Å². The van der Waals surface area contributed by atoms with Crippen molar-refractivity contribution in [2.45, 2.75) is 19.9 Å². The lowest BCUT2D eigenvalue weighted by molar-refractivity contribution is -0.117. The molecular weight excluding hydrogens is 384 g/mol. The first kappa shape index (κ1) is 17.9. The van der Waals surface area contributed by atoms with Crippen molar-refractivity contribution in [2.24, 2.45) is 4.99 Å². The molecule has 1 aliphatic heterocycles. The minimum Gasteiger partial charge on any atom is -0.486 e. The monoisotopic (exact) mass is 404 g/mol. The molecule has 5 nitrogen and oxygen atoms in total. The van der Waals surface area contributed by atoms with Crippen LogP contribution in [0, 0.1) is 0 Å². The lowest BCUT2D eigenvalue weighted by Crippen LogP contribution is -2.17. The highest BCUT2D eigenvalue weighted by Crippen LogP contribution is 2.35. The lowest BCUT2D eigenvalue weighted by atomic mass is 10.1. The summed E-state index contributed by atoms with van der Waals surface area (Å²) in [5, 5.41) is 2.30. The zero-order chi connectivity index (χ0) is 19.8. The molecule has 0 saturated carbocycles. The largest absolute Gasteiger partial charge is 0.486 e. The summed E-state index contributed by atoms with van der Waals surface area (Å²) in [6.07, 6.45) is 0.283. The van der Waals surface area contributed by atoms with E-state index in [1.54, 1.807) is 0 Å². The Morgan fingerprint density at radius 3 is 2.59 bits per heavy atom. The molecule has 0 aliphatic carbocycles. The number of amides is 1. The molecule has 1 amide bonds. The van der Waals surface area contributed by atoms with E-state index < -0.39 is 0 Å². The van der Waals surface area contributed by atoms with Gasteiger partial charge in [0.2, 0.25) is 0 Å². The number of hydrogen-bond donors (Lipinski definition) is 0. The molecule has 2 heterocycles. The molecule has 6 heteroatoms. The molecule has 0 spiro atoms. The Morgan fingerprint density at radius 2 is 1.79 bits per heavy atom.